The van der Waals surface area contributed by atoms with Gasteiger partial charge >= 0.3 is 0 Å². The minimum atomic E-state index is -0.0486. The third-order valence-electron chi connectivity index (χ3n) is 0.741. The Hall–Kier alpha value is 0.880. The highest BCUT2D eigenvalue weighted by Gasteiger charge is 2.11. The van der Waals surface area contributed by atoms with E-state index in [0.717, 1.165) is 0 Å². The van der Waals surface area contributed by atoms with E-state index in [1.165, 1.54) is 0 Å². The molecule has 0 saturated carbocycles. The molecule has 2 nitrogen and oxygen atoms in total. The van der Waals surface area contributed by atoms with Gasteiger partial charge in [-0.2, -0.15) is 0 Å². The minimum absolute atomic E-state index is 0.0382. The molecule has 4 heteroatoms. The summed E-state index contributed by atoms with van der Waals surface area (Å²) in [4.78, 5) is -0.0972. The molecule has 0 aliphatic rings. The third-order valence-corrected chi connectivity index (χ3v) is 3.31. The van der Waals surface area contributed by atoms with Crippen LogP contribution in [0.1, 0.15) is 0 Å². The van der Waals surface area contributed by atoms with E-state index in [-0.39, 0.29) is 22.9 Å². The van der Waals surface area contributed by atoms with Crippen LogP contribution in [0.3, 0.4) is 0 Å². The Morgan fingerprint density at radius 2 is 1.25 bits per heavy atom. The first-order valence-electron chi connectivity index (χ1n) is 2.22. The normalized spacial score (nSPS) is 18.0. The van der Waals surface area contributed by atoms with Gasteiger partial charge in [-0.3, -0.25) is 0 Å². The fourth-order valence-electron chi connectivity index (χ4n) is 0.229. The number of rotatable bonds is 3. The lowest BCUT2D eigenvalue weighted by Crippen LogP contribution is -2.21. The second-order valence-electron chi connectivity index (χ2n) is 1.40. The molecule has 2 N–H and O–H groups in total. The zero-order valence-electron chi connectivity index (χ0n) is 4.22. The van der Waals surface area contributed by atoms with Crippen LogP contribution >= 0.6 is 31.9 Å². The van der Waals surface area contributed by atoms with Crippen molar-refractivity contribution in [1.82, 2.24) is 0 Å². The van der Waals surface area contributed by atoms with Crippen LogP contribution < -0.4 is 0 Å². The lowest BCUT2D eigenvalue weighted by molar-refractivity contribution is 0.256. The van der Waals surface area contributed by atoms with Crippen molar-refractivity contribution in [3.05, 3.63) is 0 Å². The summed E-state index contributed by atoms with van der Waals surface area (Å²) in [6.07, 6.45) is 0. The highest BCUT2D eigenvalue weighted by Crippen LogP contribution is 2.12. The van der Waals surface area contributed by atoms with E-state index < -0.39 is 0 Å². The van der Waals surface area contributed by atoms with Gasteiger partial charge in [-0.15, -0.1) is 0 Å². The van der Waals surface area contributed by atoms with Crippen LogP contribution in [-0.2, 0) is 0 Å². The van der Waals surface area contributed by atoms with E-state index in [4.69, 9.17) is 10.2 Å². The van der Waals surface area contributed by atoms with Crippen molar-refractivity contribution < 1.29 is 10.2 Å². The van der Waals surface area contributed by atoms with Crippen LogP contribution in [0, 0.1) is 0 Å². The molecule has 0 rings (SSSR count). The maximum atomic E-state index is 8.45. The number of halogens is 2. The second kappa shape index (κ2) is 4.73. The predicted molar refractivity (Wildman–Crippen MR) is 39.6 cm³/mol. The van der Waals surface area contributed by atoms with Crippen molar-refractivity contribution >= 4 is 31.9 Å². The Balaban J connectivity index is 3.29. The second-order valence-corrected chi connectivity index (χ2v) is 3.75. The molecule has 0 fully saturated rings. The number of aliphatic hydroxyl groups is 2. The highest BCUT2D eigenvalue weighted by atomic mass is 79.9. The standard InChI is InChI=1S/C4H8Br2O2/c5-3(1-7)4(6)2-8/h3-4,7-8H,1-2H2. The summed E-state index contributed by atoms with van der Waals surface area (Å²) in [5, 5.41) is 16.9. The Labute approximate surface area is 65.2 Å². The monoisotopic (exact) mass is 246 g/mol. The topological polar surface area (TPSA) is 40.5 Å². The van der Waals surface area contributed by atoms with Crippen molar-refractivity contribution in [1.29, 1.82) is 0 Å². The average molecular weight is 248 g/mol. The summed E-state index contributed by atoms with van der Waals surface area (Å²) in [7, 11) is 0. The number of aliphatic hydroxyl groups excluding tert-OH is 2. The molecule has 0 aromatic carbocycles. The van der Waals surface area contributed by atoms with E-state index in [1.54, 1.807) is 0 Å². The molecule has 2 unspecified atom stereocenters. The Bertz CT molecular complexity index is 52.0. The van der Waals surface area contributed by atoms with E-state index in [9.17, 15) is 0 Å². The molecule has 50 valence electrons. The molecular weight excluding hydrogens is 240 g/mol. The summed E-state index contributed by atoms with van der Waals surface area (Å²) in [6, 6.07) is 0. The molecule has 8 heavy (non-hydrogen) atoms. The van der Waals surface area contributed by atoms with Gasteiger partial charge in [-0.1, -0.05) is 31.9 Å². The fourth-order valence-corrected chi connectivity index (χ4v) is 0.563. The Morgan fingerprint density at radius 1 is 1.00 bits per heavy atom. The molecule has 0 saturated heterocycles. The van der Waals surface area contributed by atoms with Crippen molar-refractivity contribution in [2.75, 3.05) is 13.2 Å². The van der Waals surface area contributed by atoms with Gasteiger partial charge in [0.1, 0.15) is 0 Å². The number of alkyl halides is 2. The lowest BCUT2D eigenvalue weighted by atomic mass is 10.3. The van der Waals surface area contributed by atoms with Gasteiger partial charge in [0, 0.05) is 0 Å². The van der Waals surface area contributed by atoms with E-state index in [0.29, 0.717) is 0 Å². The van der Waals surface area contributed by atoms with Gasteiger partial charge in [0.25, 0.3) is 0 Å². The minimum Gasteiger partial charge on any atom is -0.395 e. The van der Waals surface area contributed by atoms with Crippen LogP contribution in [-0.4, -0.2) is 33.1 Å². The summed E-state index contributed by atoms with van der Waals surface area (Å²) >= 11 is 6.29. The smallest absolute Gasteiger partial charge is 0.0568 e. The quantitative estimate of drug-likeness (QED) is 0.714. The van der Waals surface area contributed by atoms with E-state index in [1.807, 2.05) is 0 Å². The molecule has 0 bridgehead atoms. The van der Waals surface area contributed by atoms with Crippen LogP contribution in [0.4, 0.5) is 0 Å². The molecule has 0 radical (unpaired) electrons. The average Bonchev–Trinajstić information content (AvgIpc) is 1.84. The Kier molecular flexibility index (Phi) is 5.25. The molecule has 0 heterocycles. The van der Waals surface area contributed by atoms with E-state index >= 15 is 0 Å². The third kappa shape index (κ3) is 3.02. The first-order valence-corrected chi connectivity index (χ1v) is 4.05. The van der Waals surface area contributed by atoms with Gasteiger partial charge in [0.15, 0.2) is 0 Å². The predicted octanol–water partition coefficient (Wildman–Crippen LogP) is 0.498. The Morgan fingerprint density at radius 3 is 1.38 bits per heavy atom. The van der Waals surface area contributed by atoms with Crippen LogP contribution in [0.5, 0.6) is 0 Å². The van der Waals surface area contributed by atoms with Gasteiger partial charge in [-0.25, -0.2) is 0 Å². The number of hydrogen-bond acceptors (Lipinski definition) is 2. The largest absolute Gasteiger partial charge is 0.395 e. The zero-order chi connectivity index (χ0) is 6.57. The van der Waals surface area contributed by atoms with Crippen LogP contribution in [0.25, 0.3) is 0 Å². The molecule has 0 spiro atoms. The van der Waals surface area contributed by atoms with Gasteiger partial charge < -0.3 is 10.2 Å². The number of hydrogen-bond donors (Lipinski definition) is 2. The lowest BCUT2D eigenvalue weighted by Gasteiger charge is -2.09. The maximum Gasteiger partial charge on any atom is 0.0568 e. The van der Waals surface area contributed by atoms with Gasteiger partial charge in [0.05, 0.1) is 22.9 Å². The van der Waals surface area contributed by atoms with Crippen molar-refractivity contribution in [3.8, 4) is 0 Å². The first-order chi connectivity index (χ1) is 3.72. The summed E-state index contributed by atoms with van der Waals surface area (Å²) < 4.78 is 0. The van der Waals surface area contributed by atoms with E-state index in [2.05, 4.69) is 31.9 Å². The summed E-state index contributed by atoms with van der Waals surface area (Å²) in [5.41, 5.74) is 0. The summed E-state index contributed by atoms with van der Waals surface area (Å²) in [5.74, 6) is 0. The first kappa shape index (κ1) is 8.88. The van der Waals surface area contributed by atoms with Crippen molar-refractivity contribution in [2.45, 2.75) is 9.65 Å². The summed E-state index contributed by atoms with van der Waals surface area (Å²) in [6.45, 7) is 0.0763. The van der Waals surface area contributed by atoms with Gasteiger partial charge in [-0.05, 0) is 0 Å². The molecule has 0 aromatic heterocycles. The fraction of sp³-hybridized carbons (Fsp3) is 1.00. The van der Waals surface area contributed by atoms with Crippen molar-refractivity contribution in [2.24, 2.45) is 0 Å². The molecule has 0 aromatic rings. The maximum absolute atomic E-state index is 8.45. The molecule has 0 aliphatic heterocycles. The van der Waals surface area contributed by atoms with Gasteiger partial charge in [0.2, 0.25) is 0 Å². The SMILES string of the molecule is OCC(Br)C(Br)CO. The highest BCUT2D eigenvalue weighted by molar-refractivity contribution is 9.12. The van der Waals surface area contributed by atoms with Crippen LogP contribution in [0.2, 0.25) is 0 Å². The van der Waals surface area contributed by atoms with Crippen molar-refractivity contribution in [3.63, 3.8) is 0 Å². The molecular formula is C4H8Br2O2. The molecule has 0 aliphatic carbocycles. The van der Waals surface area contributed by atoms with Crippen LogP contribution in [0.15, 0.2) is 0 Å². The molecule has 0 amide bonds. The zero-order valence-corrected chi connectivity index (χ0v) is 7.39. The molecule has 2 atom stereocenters.